The topological polar surface area (TPSA) is 17.8 Å². The Labute approximate surface area is 90.3 Å². The van der Waals surface area contributed by atoms with Crippen LogP contribution in [0.2, 0.25) is 0 Å². The summed E-state index contributed by atoms with van der Waals surface area (Å²) in [5, 5.41) is 0. The van der Waals surface area contributed by atoms with Crippen LogP contribution in [0.15, 0.2) is 0 Å². The number of alkyl halides is 1. The lowest BCUT2D eigenvalue weighted by Gasteiger charge is -2.16. The van der Waals surface area contributed by atoms with E-state index in [0.29, 0.717) is 5.88 Å². The van der Waals surface area contributed by atoms with Gasteiger partial charge in [0.15, 0.2) is 0 Å². The third-order valence-electron chi connectivity index (χ3n) is 2.88. The Hall–Kier alpha value is -0.500. The Balaban J connectivity index is 2.36. The molecule has 1 aliphatic heterocycles. The molecule has 1 aromatic rings. The highest BCUT2D eigenvalue weighted by atomic mass is 35.5. The molecule has 0 aliphatic carbocycles. The number of hydrogen-bond donors (Lipinski definition) is 0. The monoisotopic (exact) mass is 212 g/mol. The second-order valence-electron chi connectivity index (χ2n) is 3.91. The average molecular weight is 213 g/mol. The van der Waals surface area contributed by atoms with Gasteiger partial charge in [-0.25, -0.2) is 4.98 Å². The highest BCUT2D eigenvalue weighted by Gasteiger charge is 2.18. The molecule has 0 radical (unpaired) electrons. The van der Waals surface area contributed by atoms with E-state index in [1.54, 1.807) is 0 Å². The van der Waals surface area contributed by atoms with Crippen molar-refractivity contribution in [3.8, 4) is 0 Å². The van der Waals surface area contributed by atoms with Gasteiger partial charge in [0.05, 0.1) is 11.6 Å². The maximum absolute atomic E-state index is 5.90. The molecule has 1 aliphatic rings. The summed E-state index contributed by atoms with van der Waals surface area (Å²) in [6.45, 7) is 3.35. The smallest absolute Gasteiger partial charge is 0.109 e. The van der Waals surface area contributed by atoms with Crippen LogP contribution in [0.1, 0.15) is 43.4 Å². The molecule has 0 atom stereocenters. The largest absolute Gasteiger partial charge is 0.332 e. The third-order valence-corrected chi connectivity index (χ3v) is 3.13. The van der Waals surface area contributed by atoms with E-state index in [1.165, 1.54) is 30.8 Å². The van der Waals surface area contributed by atoms with Crippen LogP contribution >= 0.6 is 11.6 Å². The summed E-state index contributed by atoms with van der Waals surface area (Å²) in [5.41, 5.74) is 2.52. The molecule has 2 rings (SSSR count). The lowest BCUT2D eigenvalue weighted by molar-refractivity contribution is 0.511. The fourth-order valence-corrected chi connectivity index (χ4v) is 2.43. The number of aromatic nitrogens is 2. The van der Waals surface area contributed by atoms with Crippen molar-refractivity contribution in [2.24, 2.45) is 0 Å². The van der Waals surface area contributed by atoms with Crippen LogP contribution in [0.3, 0.4) is 0 Å². The van der Waals surface area contributed by atoms with Crippen LogP contribution < -0.4 is 0 Å². The normalized spacial score (nSPS) is 15.6. The lowest BCUT2D eigenvalue weighted by Crippen LogP contribution is -2.13. The standard InChI is InChI=1S/C11H17ClN2/c1-2-5-11-13-9(8-12)10-6-3-4-7-14(10)11/h2-8H2,1H3. The van der Waals surface area contributed by atoms with E-state index in [0.717, 1.165) is 25.1 Å². The van der Waals surface area contributed by atoms with Crippen molar-refractivity contribution in [2.45, 2.75) is 51.5 Å². The molecule has 0 saturated heterocycles. The molecule has 0 aromatic carbocycles. The molecule has 14 heavy (non-hydrogen) atoms. The van der Waals surface area contributed by atoms with E-state index < -0.39 is 0 Å². The molecule has 0 unspecified atom stereocenters. The van der Waals surface area contributed by atoms with Gasteiger partial charge < -0.3 is 4.57 Å². The zero-order valence-corrected chi connectivity index (χ0v) is 9.48. The van der Waals surface area contributed by atoms with Crippen molar-refractivity contribution < 1.29 is 0 Å². The number of aryl methyl sites for hydroxylation is 1. The zero-order valence-electron chi connectivity index (χ0n) is 8.72. The van der Waals surface area contributed by atoms with Gasteiger partial charge in [-0.3, -0.25) is 0 Å². The maximum atomic E-state index is 5.90. The molecule has 2 heterocycles. The van der Waals surface area contributed by atoms with Gasteiger partial charge in [-0.2, -0.15) is 0 Å². The number of rotatable bonds is 3. The van der Waals surface area contributed by atoms with Crippen molar-refractivity contribution in [1.82, 2.24) is 9.55 Å². The summed E-state index contributed by atoms with van der Waals surface area (Å²) in [4.78, 5) is 4.63. The zero-order chi connectivity index (χ0) is 9.97. The highest BCUT2D eigenvalue weighted by molar-refractivity contribution is 6.17. The molecule has 2 nitrogen and oxygen atoms in total. The third kappa shape index (κ3) is 1.68. The van der Waals surface area contributed by atoms with Gasteiger partial charge in [0.1, 0.15) is 5.82 Å². The molecule has 0 N–H and O–H groups in total. The van der Waals surface area contributed by atoms with Crippen molar-refractivity contribution in [3.05, 3.63) is 17.2 Å². The molecular weight excluding hydrogens is 196 g/mol. The predicted octanol–water partition coefficient (Wildman–Crippen LogP) is 2.91. The van der Waals surface area contributed by atoms with E-state index in [9.17, 15) is 0 Å². The van der Waals surface area contributed by atoms with Crippen LogP contribution in [0.4, 0.5) is 0 Å². The van der Waals surface area contributed by atoms with Gasteiger partial charge in [0.25, 0.3) is 0 Å². The van der Waals surface area contributed by atoms with Gasteiger partial charge in [-0.1, -0.05) is 6.92 Å². The van der Waals surface area contributed by atoms with Crippen LogP contribution in [-0.2, 0) is 25.3 Å². The molecule has 0 saturated carbocycles. The minimum Gasteiger partial charge on any atom is -0.332 e. The minimum absolute atomic E-state index is 0.568. The van der Waals surface area contributed by atoms with Gasteiger partial charge >= 0.3 is 0 Å². The van der Waals surface area contributed by atoms with E-state index >= 15 is 0 Å². The molecular formula is C11H17ClN2. The minimum atomic E-state index is 0.568. The first-order valence-electron chi connectivity index (χ1n) is 5.50. The van der Waals surface area contributed by atoms with Crippen LogP contribution in [0, 0.1) is 0 Å². The number of halogens is 1. The Bertz CT molecular complexity index is 317. The molecule has 3 heteroatoms. The Morgan fingerprint density at radius 3 is 3.00 bits per heavy atom. The first-order chi connectivity index (χ1) is 6.86. The Morgan fingerprint density at radius 1 is 1.43 bits per heavy atom. The van der Waals surface area contributed by atoms with Crippen LogP contribution in [0.5, 0.6) is 0 Å². The fraction of sp³-hybridized carbons (Fsp3) is 0.727. The van der Waals surface area contributed by atoms with E-state index in [1.807, 2.05) is 0 Å². The second kappa shape index (κ2) is 4.35. The van der Waals surface area contributed by atoms with Gasteiger partial charge in [0.2, 0.25) is 0 Å². The number of imidazole rings is 1. The Morgan fingerprint density at radius 2 is 2.29 bits per heavy atom. The summed E-state index contributed by atoms with van der Waals surface area (Å²) in [6, 6.07) is 0. The van der Waals surface area contributed by atoms with Crippen molar-refractivity contribution in [3.63, 3.8) is 0 Å². The van der Waals surface area contributed by atoms with E-state index in [4.69, 9.17) is 11.6 Å². The summed E-state index contributed by atoms with van der Waals surface area (Å²) in [5.74, 6) is 1.82. The summed E-state index contributed by atoms with van der Waals surface area (Å²) < 4.78 is 2.39. The SMILES string of the molecule is CCCc1nc(CCl)c2n1CCCC2. The molecule has 1 aromatic heterocycles. The molecule has 0 fully saturated rings. The number of nitrogens with zero attached hydrogens (tertiary/aromatic N) is 2. The summed E-state index contributed by atoms with van der Waals surface area (Å²) in [6.07, 6.45) is 6.00. The molecule has 78 valence electrons. The van der Waals surface area contributed by atoms with Gasteiger partial charge in [0, 0.05) is 18.7 Å². The van der Waals surface area contributed by atoms with Crippen molar-refractivity contribution >= 4 is 11.6 Å². The van der Waals surface area contributed by atoms with Crippen LogP contribution in [-0.4, -0.2) is 9.55 Å². The van der Waals surface area contributed by atoms with Crippen LogP contribution in [0.25, 0.3) is 0 Å². The van der Waals surface area contributed by atoms with E-state index in [-0.39, 0.29) is 0 Å². The predicted molar refractivity (Wildman–Crippen MR) is 58.7 cm³/mol. The van der Waals surface area contributed by atoms with E-state index in [2.05, 4.69) is 16.5 Å². The lowest BCUT2D eigenvalue weighted by atomic mass is 10.1. The maximum Gasteiger partial charge on any atom is 0.109 e. The first-order valence-corrected chi connectivity index (χ1v) is 6.03. The number of fused-ring (bicyclic) bond motifs is 1. The number of hydrogen-bond acceptors (Lipinski definition) is 1. The van der Waals surface area contributed by atoms with Crippen molar-refractivity contribution in [1.29, 1.82) is 0 Å². The quantitative estimate of drug-likeness (QED) is 0.705. The molecule has 0 amide bonds. The second-order valence-corrected chi connectivity index (χ2v) is 4.18. The Kier molecular flexibility index (Phi) is 3.12. The fourth-order valence-electron chi connectivity index (χ4n) is 2.22. The molecule has 0 spiro atoms. The van der Waals surface area contributed by atoms with Gasteiger partial charge in [-0.05, 0) is 25.7 Å². The molecule has 0 bridgehead atoms. The average Bonchev–Trinajstić information content (AvgIpc) is 2.58. The van der Waals surface area contributed by atoms with Crippen molar-refractivity contribution in [2.75, 3.05) is 0 Å². The van der Waals surface area contributed by atoms with Gasteiger partial charge in [-0.15, -0.1) is 11.6 Å². The first kappa shape index (κ1) is 10.0. The summed E-state index contributed by atoms with van der Waals surface area (Å²) >= 11 is 5.90. The summed E-state index contributed by atoms with van der Waals surface area (Å²) in [7, 11) is 0. The highest BCUT2D eigenvalue weighted by Crippen LogP contribution is 2.22.